The molecule has 0 aliphatic heterocycles. The quantitative estimate of drug-likeness (QED) is 0.711. The number of ether oxygens (including phenoxy) is 2. The van der Waals surface area contributed by atoms with Crippen molar-refractivity contribution in [1.82, 2.24) is 10.6 Å². The highest BCUT2D eigenvalue weighted by Crippen LogP contribution is 2.37. The van der Waals surface area contributed by atoms with E-state index in [1.165, 1.54) is 0 Å². The van der Waals surface area contributed by atoms with Crippen molar-refractivity contribution in [2.75, 3.05) is 26.8 Å². The van der Waals surface area contributed by atoms with Gasteiger partial charge in [0.25, 0.3) is 0 Å². The summed E-state index contributed by atoms with van der Waals surface area (Å²) in [5.74, 6) is 1.28. The fourth-order valence-electron chi connectivity index (χ4n) is 1.77. The molecule has 2 N–H and O–H groups in total. The van der Waals surface area contributed by atoms with E-state index in [1.807, 2.05) is 19.1 Å². The van der Waals surface area contributed by atoms with Crippen molar-refractivity contribution < 1.29 is 14.3 Å². The van der Waals surface area contributed by atoms with Crippen molar-refractivity contribution in [3.63, 3.8) is 0 Å². The largest absolute Gasteiger partial charge is 0.490 e. The Morgan fingerprint density at radius 1 is 1.29 bits per heavy atom. The Bertz CT molecular complexity index is 466. The maximum atomic E-state index is 11.2. The van der Waals surface area contributed by atoms with E-state index in [2.05, 4.69) is 33.5 Å². The van der Waals surface area contributed by atoms with Gasteiger partial charge in [-0.05, 0) is 47.1 Å². The van der Waals surface area contributed by atoms with Crippen molar-refractivity contribution in [1.29, 1.82) is 0 Å². The van der Waals surface area contributed by atoms with E-state index in [4.69, 9.17) is 9.47 Å². The van der Waals surface area contributed by atoms with Crippen LogP contribution in [0.25, 0.3) is 0 Å². The molecule has 0 aromatic heterocycles. The van der Waals surface area contributed by atoms with Crippen LogP contribution in [0.4, 0.5) is 0 Å². The zero-order valence-electron chi connectivity index (χ0n) is 12.8. The molecule has 0 fully saturated rings. The Balaban J connectivity index is 2.82. The number of rotatable bonds is 9. The Morgan fingerprint density at radius 3 is 2.67 bits per heavy atom. The van der Waals surface area contributed by atoms with Crippen LogP contribution in [0.1, 0.15) is 25.8 Å². The van der Waals surface area contributed by atoms with E-state index in [0.717, 1.165) is 23.1 Å². The molecular formula is C15H23BrN2O3. The summed E-state index contributed by atoms with van der Waals surface area (Å²) in [5.41, 5.74) is 1.12. The minimum absolute atomic E-state index is 0.0483. The number of nitrogens with one attached hydrogen (secondary N) is 2. The molecule has 118 valence electrons. The summed E-state index contributed by atoms with van der Waals surface area (Å²) in [7, 11) is 1.61. The van der Waals surface area contributed by atoms with Crippen LogP contribution >= 0.6 is 15.9 Å². The average Bonchev–Trinajstić information content (AvgIpc) is 2.47. The van der Waals surface area contributed by atoms with Crippen molar-refractivity contribution in [2.24, 2.45) is 0 Å². The van der Waals surface area contributed by atoms with Crippen molar-refractivity contribution in [3.8, 4) is 11.5 Å². The summed E-state index contributed by atoms with van der Waals surface area (Å²) in [5, 5.41) is 5.84. The van der Waals surface area contributed by atoms with Crippen LogP contribution in [0.2, 0.25) is 0 Å². The first-order chi connectivity index (χ1) is 10.1. The zero-order chi connectivity index (χ0) is 15.7. The predicted octanol–water partition coefficient (Wildman–Crippen LogP) is 2.47. The average molecular weight is 359 g/mol. The number of hydrogen-bond donors (Lipinski definition) is 2. The van der Waals surface area contributed by atoms with Gasteiger partial charge in [0.2, 0.25) is 5.91 Å². The van der Waals surface area contributed by atoms with E-state index in [-0.39, 0.29) is 5.91 Å². The van der Waals surface area contributed by atoms with E-state index < -0.39 is 0 Å². The molecule has 5 nitrogen and oxygen atoms in total. The highest BCUT2D eigenvalue weighted by Gasteiger charge is 2.12. The first-order valence-electron chi connectivity index (χ1n) is 7.11. The minimum atomic E-state index is -0.0483. The van der Waals surface area contributed by atoms with Gasteiger partial charge < -0.3 is 20.1 Å². The van der Waals surface area contributed by atoms with Crippen LogP contribution < -0.4 is 20.1 Å². The molecule has 1 amide bonds. The van der Waals surface area contributed by atoms with Gasteiger partial charge in [0.15, 0.2) is 11.5 Å². The van der Waals surface area contributed by atoms with Gasteiger partial charge in [0.05, 0.1) is 24.1 Å². The number of benzene rings is 1. The van der Waals surface area contributed by atoms with Gasteiger partial charge in [-0.2, -0.15) is 0 Å². The van der Waals surface area contributed by atoms with Crippen LogP contribution in [-0.4, -0.2) is 32.7 Å². The third-order valence-corrected chi connectivity index (χ3v) is 3.39. The van der Waals surface area contributed by atoms with Crippen molar-refractivity contribution >= 4 is 21.8 Å². The second kappa shape index (κ2) is 9.63. The molecule has 0 aliphatic rings. The Hall–Kier alpha value is -1.27. The fraction of sp³-hybridized carbons (Fsp3) is 0.533. The van der Waals surface area contributed by atoms with Gasteiger partial charge in [0.1, 0.15) is 0 Å². The molecule has 0 aliphatic carbocycles. The summed E-state index contributed by atoms with van der Waals surface area (Å²) in [4.78, 5) is 11.2. The maximum absolute atomic E-state index is 11.2. The van der Waals surface area contributed by atoms with Gasteiger partial charge in [-0.1, -0.05) is 6.92 Å². The lowest BCUT2D eigenvalue weighted by atomic mass is 10.2. The van der Waals surface area contributed by atoms with Crippen LogP contribution in [-0.2, 0) is 11.3 Å². The lowest BCUT2D eigenvalue weighted by Crippen LogP contribution is -2.20. The van der Waals surface area contributed by atoms with E-state index in [1.54, 1.807) is 7.05 Å². The Labute approximate surface area is 134 Å². The molecule has 0 bridgehead atoms. The molecule has 0 radical (unpaired) electrons. The first kappa shape index (κ1) is 17.8. The molecule has 0 heterocycles. The Kier molecular flexibility index (Phi) is 8.15. The molecule has 0 saturated heterocycles. The zero-order valence-corrected chi connectivity index (χ0v) is 14.4. The van der Waals surface area contributed by atoms with Crippen LogP contribution in [0.3, 0.4) is 0 Å². The van der Waals surface area contributed by atoms with E-state index >= 15 is 0 Å². The highest BCUT2D eigenvalue weighted by molar-refractivity contribution is 9.10. The molecule has 1 aromatic carbocycles. The Morgan fingerprint density at radius 2 is 2.05 bits per heavy atom. The number of hydrogen-bond acceptors (Lipinski definition) is 4. The molecule has 0 spiro atoms. The van der Waals surface area contributed by atoms with E-state index in [0.29, 0.717) is 31.1 Å². The molecule has 21 heavy (non-hydrogen) atoms. The number of amides is 1. The third-order valence-electron chi connectivity index (χ3n) is 2.80. The van der Waals surface area contributed by atoms with Crippen molar-refractivity contribution in [3.05, 3.63) is 22.2 Å². The SMILES string of the molecule is CCNCc1cc(Br)c(OCCC(=O)NC)c(OCC)c1. The second-order valence-electron chi connectivity index (χ2n) is 4.39. The van der Waals surface area contributed by atoms with Crippen LogP contribution in [0, 0.1) is 0 Å². The lowest BCUT2D eigenvalue weighted by Gasteiger charge is -2.15. The highest BCUT2D eigenvalue weighted by atomic mass is 79.9. The molecule has 1 rings (SSSR count). The monoisotopic (exact) mass is 358 g/mol. The fourth-order valence-corrected chi connectivity index (χ4v) is 2.37. The number of carbonyl (C=O) groups excluding carboxylic acids is 1. The summed E-state index contributed by atoms with van der Waals surface area (Å²) < 4.78 is 12.2. The molecule has 6 heteroatoms. The third kappa shape index (κ3) is 5.93. The summed E-state index contributed by atoms with van der Waals surface area (Å²) in [6.07, 6.45) is 0.313. The molecule has 1 aromatic rings. The van der Waals surface area contributed by atoms with Gasteiger partial charge in [-0.15, -0.1) is 0 Å². The van der Waals surface area contributed by atoms with Crippen LogP contribution in [0.5, 0.6) is 11.5 Å². The standard InChI is InChI=1S/C15H23BrN2O3/c1-4-18-10-11-8-12(16)15(13(9-11)20-5-2)21-7-6-14(19)17-3/h8-9,18H,4-7,10H2,1-3H3,(H,17,19). The smallest absolute Gasteiger partial charge is 0.223 e. The molecular weight excluding hydrogens is 336 g/mol. The van der Waals surface area contributed by atoms with Crippen molar-refractivity contribution in [2.45, 2.75) is 26.8 Å². The molecule has 0 unspecified atom stereocenters. The predicted molar refractivity (Wildman–Crippen MR) is 86.9 cm³/mol. The minimum Gasteiger partial charge on any atom is -0.490 e. The first-order valence-corrected chi connectivity index (χ1v) is 7.90. The summed E-state index contributed by atoms with van der Waals surface area (Å²) in [6, 6.07) is 3.96. The summed E-state index contributed by atoms with van der Waals surface area (Å²) >= 11 is 3.51. The summed E-state index contributed by atoms with van der Waals surface area (Å²) in [6.45, 7) is 6.54. The molecule has 0 saturated carbocycles. The number of halogens is 1. The normalized spacial score (nSPS) is 10.3. The van der Waals surface area contributed by atoms with Gasteiger partial charge in [-0.25, -0.2) is 0 Å². The lowest BCUT2D eigenvalue weighted by molar-refractivity contribution is -0.121. The van der Waals surface area contributed by atoms with Gasteiger partial charge in [0, 0.05) is 13.6 Å². The molecule has 0 atom stereocenters. The maximum Gasteiger partial charge on any atom is 0.223 e. The van der Waals surface area contributed by atoms with E-state index in [9.17, 15) is 4.79 Å². The van der Waals surface area contributed by atoms with Gasteiger partial charge in [-0.3, -0.25) is 4.79 Å². The van der Waals surface area contributed by atoms with Gasteiger partial charge >= 0.3 is 0 Å². The van der Waals surface area contributed by atoms with Crippen LogP contribution in [0.15, 0.2) is 16.6 Å². The number of carbonyl (C=O) groups is 1. The topological polar surface area (TPSA) is 59.6 Å². The second-order valence-corrected chi connectivity index (χ2v) is 5.24.